The highest BCUT2D eigenvalue weighted by Crippen LogP contribution is 2.58. The second-order valence-corrected chi connectivity index (χ2v) is 8.60. The molecule has 2 aromatic carbocycles. The van der Waals surface area contributed by atoms with Gasteiger partial charge in [0.05, 0.1) is 5.56 Å². The molecular weight excluding hydrogens is 418 g/mol. The van der Waals surface area contributed by atoms with E-state index in [0.29, 0.717) is 16.8 Å². The summed E-state index contributed by atoms with van der Waals surface area (Å²) in [6.45, 7) is 3.79. The van der Waals surface area contributed by atoms with Crippen molar-refractivity contribution < 1.29 is 22.1 Å². The quantitative estimate of drug-likeness (QED) is 0.569. The van der Waals surface area contributed by atoms with Gasteiger partial charge in [-0.3, -0.25) is 4.79 Å². The number of rotatable bonds is 2. The van der Waals surface area contributed by atoms with Crippen LogP contribution in [0, 0.1) is 11.3 Å². The van der Waals surface area contributed by atoms with Gasteiger partial charge in [0.25, 0.3) is 0 Å². The van der Waals surface area contributed by atoms with Gasteiger partial charge in [-0.15, -0.1) is 6.58 Å². The summed E-state index contributed by atoms with van der Waals surface area (Å²) in [5.41, 5.74) is 4.86. The Kier molecular flexibility index (Phi) is 3.81. The SMILES string of the molecule is C=CCN1C(=O)C2(C(C#N)=C(N)OC3=C2S(=O)(=O)Oc2ccccc23)c2ccccc21. The highest BCUT2D eigenvalue weighted by atomic mass is 32.2. The third-order valence-corrected chi connectivity index (χ3v) is 6.94. The molecule has 0 saturated carbocycles. The number of hydrogen-bond acceptors (Lipinski definition) is 7. The van der Waals surface area contributed by atoms with Crippen molar-refractivity contribution in [2.45, 2.75) is 5.41 Å². The van der Waals surface area contributed by atoms with Crippen molar-refractivity contribution in [3.8, 4) is 11.8 Å². The number of carbonyl (C=O) groups excluding carboxylic acids is 1. The van der Waals surface area contributed by atoms with E-state index in [1.807, 2.05) is 6.07 Å². The molecule has 1 unspecified atom stereocenters. The first-order chi connectivity index (χ1) is 14.9. The Morgan fingerprint density at radius 3 is 2.65 bits per heavy atom. The molecule has 1 amide bonds. The number of anilines is 1. The molecule has 1 atom stereocenters. The number of nitriles is 1. The highest BCUT2D eigenvalue weighted by Gasteiger charge is 2.65. The molecule has 3 heterocycles. The Morgan fingerprint density at radius 1 is 1.19 bits per heavy atom. The van der Waals surface area contributed by atoms with Crippen molar-refractivity contribution in [3.63, 3.8) is 0 Å². The molecule has 1 spiro atoms. The summed E-state index contributed by atoms with van der Waals surface area (Å²) in [6, 6.07) is 14.9. The van der Waals surface area contributed by atoms with Crippen LogP contribution >= 0.6 is 0 Å². The predicted octanol–water partition coefficient (Wildman–Crippen LogP) is 2.27. The lowest BCUT2D eigenvalue weighted by atomic mass is 9.73. The predicted molar refractivity (Wildman–Crippen MR) is 111 cm³/mol. The molecule has 0 fully saturated rings. The summed E-state index contributed by atoms with van der Waals surface area (Å²) in [6.07, 6.45) is 1.52. The fourth-order valence-electron chi connectivity index (χ4n) is 4.40. The lowest BCUT2D eigenvalue weighted by Gasteiger charge is -2.37. The second-order valence-electron chi connectivity index (χ2n) is 7.12. The lowest BCUT2D eigenvalue weighted by molar-refractivity contribution is -0.120. The van der Waals surface area contributed by atoms with Crippen molar-refractivity contribution in [1.29, 1.82) is 5.26 Å². The lowest BCUT2D eigenvalue weighted by Crippen LogP contribution is -2.49. The number of benzene rings is 2. The van der Waals surface area contributed by atoms with Gasteiger partial charge >= 0.3 is 10.1 Å². The van der Waals surface area contributed by atoms with Crippen molar-refractivity contribution in [2.24, 2.45) is 5.73 Å². The average molecular weight is 433 g/mol. The van der Waals surface area contributed by atoms with Gasteiger partial charge < -0.3 is 19.6 Å². The van der Waals surface area contributed by atoms with Gasteiger partial charge in [-0.2, -0.15) is 13.7 Å². The fourth-order valence-corrected chi connectivity index (χ4v) is 5.92. The van der Waals surface area contributed by atoms with Gasteiger partial charge in [0.2, 0.25) is 11.8 Å². The largest absolute Gasteiger partial charge is 0.438 e. The Morgan fingerprint density at radius 2 is 1.90 bits per heavy atom. The molecular formula is C22H15N3O5S. The zero-order valence-corrected chi connectivity index (χ0v) is 16.8. The van der Waals surface area contributed by atoms with E-state index >= 15 is 0 Å². The van der Waals surface area contributed by atoms with Gasteiger partial charge in [0.15, 0.2) is 21.8 Å². The third-order valence-electron chi connectivity index (χ3n) is 5.55. The number of hydrogen-bond donors (Lipinski definition) is 1. The number of ether oxygens (including phenoxy) is 1. The molecule has 5 rings (SSSR count). The second kappa shape index (κ2) is 6.23. The zero-order chi connectivity index (χ0) is 22.0. The molecule has 3 aliphatic rings. The van der Waals surface area contributed by atoms with Crippen molar-refractivity contribution in [1.82, 2.24) is 0 Å². The maximum Gasteiger partial charge on any atom is 0.340 e. The topological polar surface area (TPSA) is 123 Å². The van der Waals surface area contributed by atoms with Crippen LogP contribution in [0.5, 0.6) is 5.75 Å². The van der Waals surface area contributed by atoms with Crippen LogP contribution in [-0.4, -0.2) is 20.9 Å². The van der Waals surface area contributed by atoms with Crippen LogP contribution in [0.1, 0.15) is 11.1 Å². The summed E-state index contributed by atoms with van der Waals surface area (Å²) in [5, 5.41) is 9.99. The molecule has 9 heteroatoms. The van der Waals surface area contributed by atoms with Crippen molar-refractivity contribution >= 4 is 27.5 Å². The van der Waals surface area contributed by atoms with E-state index in [-0.39, 0.29) is 29.5 Å². The number of nitrogens with two attached hydrogens (primary N) is 1. The van der Waals surface area contributed by atoms with Crippen molar-refractivity contribution in [3.05, 3.63) is 88.7 Å². The van der Waals surface area contributed by atoms with Gasteiger partial charge in [0, 0.05) is 17.8 Å². The van der Waals surface area contributed by atoms with Crippen LogP contribution in [0.25, 0.3) is 5.76 Å². The maximum absolute atomic E-state index is 13.9. The summed E-state index contributed by atoms with van der Waals surface area (Å²) in [4.78, 5) is 14.8. The molecule has 0 radical (unpaired) electrons. The molecule has 2 N–H and O–H groups in total. The van der Waals surface area contributed by atoms with Crippen molar-refractivity contribution in [2.75, 3.05) is 11.4 Å². The first-order valence-electron chi connectivity index (χ1n) is 9.27. The Hall–Kier alpha value is -4.03. The third kappa shape index (κ3) is 2.22. The smallest absolute Gasteiger partial charge is 0.340 e. The summed E-state index contributed by atoms with van der Waals surface area (Å²) in [7, 11) is -4.53. The molecule has 0 bridgehead atoms. The minimum Gasteiger partial charge on any atom is -0.438 e. The van der Waals surface area contributed by atoms with Crippen LogP contribution in [0.2, 0.25) is 0 Å². The van der Waals surface area contributed by atoms with E-state index in [9.17, 15) is 18.5 Å². The number of amides is 1. The average Bonchev–Trinajstić information content (AvgIpc) is 2.97. The zero-order valence-electron chi connectivity index (χ0n) is 16.0. The first-order valence-corrected chi connectivity index (χ1v) is 10.7. The van der Waals surface area contributed by atoms with Gasteiger partial charge in [-0.05, 0) is 18.2 Å². The Labute approximate surface area is 178 Å². The first kappa shape index (κ1) is 19.0. The number of carbonyl (C=O) groups is 1. The minimum atomic E-state index is -4.53. The molecule has 0 saturated heterocycles. The molecule has 0 aromatic heterocycles. The van der Waals surface area contributed by atoms with Gasteiger partial charge in [-0.25, -0.2) is 0 Å². The summed E-state index contributed by atoms with van der Waals surface area (Å²) < 4.78 is 37.8. The number of fused-ring (bicyclic) bond motifs is 5. The monoisotopic (exact) mass is 433 g/mol. The number of para-hydroxylation sites is 2. The van der Waals surface area contributed by atoms with E-state index in [4.69, 9.17) is 14.7 Å². The Balaban J connectivity index is 1.97. The summed E-state index contributed by atoms with van der Waals surface area (Å²) >= 11 is 0. The molecule has 0 aliphatic carbocycles. The molecule has 31 heavy (non-hydrogen) atoms. The van der Waals surface area contributed by atoms with E-state index in [1.165, 1.54) is 17.0 Å². The van der Waals surface area contributed by atoms with E-state index in [2.05, 4.69) is 6.58 Å². The molecule has 8 nitrogen and oxygen atoms in total. The van der Waals surface area contributed by atoms with Crippen LogP contribution in [0.4, 0.5) is 5.69 Å². The molecule has 154 valence electrons. The Bertz CT molecular complexity index is 1400. The number of nitrogens with zero attached hydrogens (tertiary/aromatic N) is 2. The summed E-state index contributed by atoms with van der Waals surface area (Å²) in [5.74, 6) is -1.06. The van der Waals surface area contributed by atoms with Crippen LogP contribution < -0.4 is 14.8 Å². The normalized spacial score (nSPS) is 22.8. The molecule has 2 aromatic rings. The van der Waals surface area contributed by atoms with E-state index in [1.54, 1.807) is 42.5 Å². The molecule has 3 aliphatic heterocycles. The minimum absolute atomic E-state index is 0.0475. The van der Waals surface area contributed by atoms with E-state index < -0.39 is 26.3 Å². The van der Waals surface area contributed by atoms with E-state index in [0.717, 1.165) is 0 Å². The van der Waals surface area contributed by atoms with Crippen LogP contribution in [0.15, 0.2) is 77.5 Å². The highest BCUT2D eigenvalue weighted by molar-refractivity contribution is 7.91. The standard InChI is InChI=1S/C22H15N3O5S/c1-2-11-25-16-9-5-4-8-14(16)22(21(25)26)15(12-23)20(24)29-18-13-7-3-6-10-17(13)30-31(27,28)19(18)22/h2-10H,1,11,24H2. The fraction of sp³-hybridized carbons (Fsp3) is 0.0909. The van der Waals surface area contributed by atoms with Crippen LogP contribution in [-0.2, 0) is 25.1 Å². The van der Waals surface area contributed by atoms with Gasteiger partial charge in [0.1, 0.15) is 11.6 Å². The van der Waals surface area contributed by atoms with Crippen LogP contribution in [0.3, 0.4) is 0 Å². The van der Waals surface area contributed by atoms with Gasteiger partial charge in [-0.1, -0.05) is 36.4 Å². The maximum atomic E-state index is 13.9.